The monoisotopic (exact) mass is 326 g/mol. The predicted octanol–water partition coefficient (Wildman–Crippen LogP) is 2.81. The smallest absolute Gasteiger partial charge is 0.306 e. The number of nitrogens with one attached hydrogen (secondary N) is 1. The molecule has 122 valence electrons. The van der Waals surface area contributed by atoms with E-state index in [2.05, 4.69) is 5.32 Å². The van der Waals surface area contributed by atoms with Gasteiger partial charge in [-0.1, -0.05) is 12.1 Å². The van der Waals surface area contributed by atoms with Gasteiger partial charge in [0.2, 0.25) is 0 Å². The molecule has 0 aliphatic carbocycles. The molecule has 0 aliphatic heterocycles. The molecule has 0 radical (unpaired) electrons. The van der Waals surface area contributed by atoms with E-state index in [1.807, 2.05) is 6.07 Å². The summed E-state index contributed by atoms with van der Waals surface area (Å²) < 4.78 is 17.7. The Kier molecular flexibility index (Phi) is 6.03. The molecule has 0 atom stereocenters. The minimum Gasteiger partial charge on any atom is -0.456 e. The molecule has 1 amide bonds. The molecule has 2 aromatic rings. The second kappa shape index (κ2) is 8.44. The Balaban J connectivity index is 1.71. The summed E-state index contributed by atoms with van der Waals surface area (Å²) in [5, 5.41) is 11.3. The Morgan fingerprint density at radius 1 is 1.08 bits per heavy atom. The number of ether oxygens (including phenoxy) is 1. The maximum atomic E-state index is 12.8. The Bertz CT molecular complexity index is 749. The van der Waals surface area contributed by atoms with Gasteiger partial charge in [0.1, 0.15) is 5.82 Å². The lowest BCUT2D eigenvalue weighted by Crippen LogP contribution is -2.21. The Labute approximate surface area is 138 Å². The molecule has 0 heterocycles. The molecule has 0 aromatic heterocycles. The first-order valence-corrected chi connectivity index (χ1v) is 7.27. The van der Waals surface area contributed by atoms with Crippen LogP contribution in [0.15, 0.2) is 48.5 Å². The first-order valence-electron chi connectivity index (χ1n) is 7.27. The number of benzene rings is 2. The van der Waals surface area contributed by atoms with Crippen molar-refractivity contribution in [3.8, 4) is 6.07 Å². The number of hydrogen-bond acceptors (Lipinski definition) is 4. The molecule has 0 spiro atoms. The average molecular weight is 326 g/mol. The van der Waals surface area contributed by atoms with Crippen LogP contribution in [0.5, 0.6) is 0 Å². The molecule has 2 rings (SSSR count). The largest absolute Gasteiger partial charge is 0.456 e. The molecule has 6 heteroatoms. The fourth-order valence-electron chi connectivity index (χ4n) is 1.94. The number of anilines is 1. The highest BCUT2D eigenvalue weighted by Crippen LogP contribution is 2.09. The van der Waals surface area contributed by atoms with Crippen LogP contribution in [0.1, 0.15) is 17.5 Å². The first kappa shape index (κ1) is 17.2. The van der Waals surface area contributed by atoms with Crippen LogP contribution in [0.3, 0.4) is 0 Å². The number of rotatable bonds is 6. The van der Waals surface area contributed by atoms with E-state index in [0.717, 1.165) is 5.56 Å². The number of aryl methyl sites for hydroxylation is 1. The SMILES string of the molecule is N#Cc1ccc(NC(=O)COC(=O)CCc2ccc(F)cc2)cc1. The van der Waals surface area contributed by atoms with Crippen molar-refractivity contribution in [3.05, 3.63) is 65.5 Å². The van der Waals surface area contributed by atoms with Crippen LogP contribution in [-0.2, 0) is 20.7 Å². The zero-order valence-electron chi connectivity index (χ0n) is 12.8. The topological polar surface area (TPSA) is 79.2 Å². The van der Waals surface area contributed by atoms with Gasteiger partial charge in [-0.3, -0.25) is 9.59 Å². The second-order valence-corrected chi connectivity index (χ2v) is 5.02. The molecule has 0 fully saturated rings. The van der Waals surface area contributed by atoms with Crippen molar-refractivity contribution in [2.24, 2.45) is 0 Å². The van der Waals surface area contributed by atoms with Crippen molar-refractivity contribution in [1.29, 1.82) is 5.26 Å². The Morgan fingerprint density at radius 2 is 1.75 bits per heavy atom. The third-order valence-electron chi connectivity index (χ3n) is 3.19. The summed E-state index contributed by atoms with van der Waals surface area (Å²) in [4.78, 5) is 23.3. The lowest BCUT2D eigenvalue weighted by Gasteiger charge is -2.07. The molecule has 24 heavy (non-hydrogen) atoms. The van der Waals surface area contributed by atoms with Gasteiger partial charge in [-0.05, 0) is 48.4 Å². The molecule has 2 aromatic carbocycles. The number of esters is 1. The molecule has 0 saturated carbocycles. The lowest BCUT2D eigenvalue weighted by molar-refractivity contribution is -0.147. The van der Waals surface area contributed by atoms with Gasteiger partial charge in [0, 0.05) is 12.1 Å². The van der Waals surface area contributed by atoms with Gasteiger partial charge in [-0.25, -0.2) is 4.39 Å². The van der Waals surface area contributed by atoms with Crippen LogP contribution < -0.4 is 5.32 Å². The minimum atomic E-state index is -0.505. The summed E-state index contributed by atoms with van der Waals surface area (Å²) in [5.74, 6) is -1.30. The maximum Gasteiger partial charge on any atom is 0.306 e. The molecular weight excluding hydrogens is 311 g/mol. The summed E-state index contributed by atoms with van der Waals surface area (Å²) in [6, 6.07) is 14.1. The Hall–Kier alpha value is -3.20. The van der Waals surface area contributed by atoms with Gasteiger partial charge in [0.25, 0.3) is 5.91 Å². The highest BCUT2D eigenvalue weighted by atomic mass is 19.1. The molecule has 0 aliphatic rings. The molecule has 1 N–H and O–H groups in total. The van der Waals surface area contributed by atoms with Gasteiger partial charge in [0.05, 0.1) is 11.6 Å². The van der Waals surface area contributed by atoms with Crippen LogP contribution in [0.2, 0.25) is 0 Å². The number of carbonyl (C=O) groups is 2. The minimum absolute atomic E-state index is 0.107. The molecule has 0 bridgehead atoms. The zero-order chi connectivity index (χ0) is 17.4. The van der Waals surface area contributed by atoms with Crippen LogP contribution >= 0.6 is 0 Å². The maximum absolute atomic E-state index is 12.8. The van der Waals surface area contributed by atoms with Crippen molar-refractivity contribution < 1.29 is 18.7 Å². The van der Waals surface area contributed by atoms with Crippen molar-refractivity contribution in [2.45, 2.75) is 12.8 Å². The van der Waals surface area contributed by atoms with E-state index in [9.17, 15) is 14.0 Å². The average Bonchev–Trinajstić information content (AvgIpc) is 2.60. The van der Waals surface area contributed by atoms with Gasteiger partial charge in [-0.15, -0.1) is 0 Å². The molecular formula is C18H15FN2O3. The molecule has 5 nitrogen and oxygen atoms in total. The van der Waals surface area contributed by atoms with E-state index >= 15 is 0 Å². The fraction of sp³-hybridized carbons (Fsp3) is 0.167. The quantitative estimate of drug-likeness (QED) is 0.828. The highest BCUT2D eigenvalue weighted by Gasteiger charge is 2.08. The fourth-order valence-corrected chi connectivity index (χ4v) is 1.94. The second-order valence-electron chi connectivity index (χ2n) is 5.02. The summed E-state index contributed by atoms with van der Waals surface area (Å²) in [6.07, 6.45) is 0.520. The molecule has 0 saturated heterocycles. The third kappa shape index (κ3) is 5.54. The normalized spacial score (nSPS) is 9.83. The zero-order valence-corrected chi connectivity index (χ0v) is 12.8. The third-order valence-corrected chi connectivity index (χ3v) is 3.19. The van der Waals surface area contributed by atoms with Crippen molar-refractivity contribution in [3.63, 3.8) is 0 Å². The summed E-state index contributed by atoms with van der Waals surface area (Å²) >= 11 is 0. The summed E-state index contributed by atoms with van der Waals surface area (Å²) in [5.41, 5.74) is 1.82. The van der Waals surface area contributed by atoms with Gasteiger partial charge in [0.15, 0.2) is 6.61 Å². The van der Waals surface area contributed by atoms with E-state index in [-0.39, 0.29) is 18.8 Å². The van der Waals surface area contributed by atoms with Crippen LogP contribution in [-0.4, -0.2) is 18.5 Å². The van der Waals surface area contributed by atoms with Crippen LogP contribution in [0.4, 0.5) is 10.1 Å². The van der Waals surface area contributed by atoms with E-state index < -0.39 is 11.9 Å². The van der Waals surface area contributed by atoms with E-state index in [4.69, 9.17) is 10.00 Å². The van der Waals surface area contributed by atoms with Crippen molar-refractivity contribution >= 4 is 17.6 Å². The van der Waals surface area contributed by atoms with Crippen LogP contribution in [0.25, 0.3) is 0 Å². The summed E-state index contributed by atoms with van der Waals surface area (Å²) in [6.45, 7) is -0.387. The van der Waals surface area contributed by atoms with Crippen LogP contribution in [0, 0.1) is 17.1 Å². The van der Waals surface area contributed by atoms with E-state index in [1.54, 1.807) is 36.4 Å². The van der Waals surface area contributed by atoms with Crippen molar-refractivity contribution in [1.82, 2.24) is 0 Å². The van der Waals surface area contributed by atoms with Crippen molar-refractivity contribution in [2.75, 3.05) is 11.9 Å². The highest BCUT2D eigenvalue weighted by molar-refractivity contribution is 5.92. The van der Waals surface area contributed by atoms with Gasteiger partial charge < -0.3 is 10.1 Å². The number of halogens is 1. The van der Waals surface area contributed by atoms with Gasteiger partial charge >= 0.3 is 5.97 Å². The lowest BCUT2D eigenvalue weighted by atomic mass is 10.1. The molecule has 0 unspecified atom stereocenters. The number of nitrogens with zero attached hydrogens (tertiary/aromatic N) is 1. The van der Waals surface area contributed by atoms with E-state index in [0.29, 0.717) is 17.7 Å². The number of hydrogen-bond donors (Lipinski definition) is 1. The predicted molar refractivity (Wildman–Crippen MR) is 85.5 cm³/mol. The number of nitriles is 1. The summed E-state index contributed by atoms with van der Waals surface area (Å²) in [7, 11) is 0. The van der Waals surface area contributed by atoms with Gasteiger partial charge in [-0.2, -0.15) is 5.26 Å². The Morgan fingerprint density at radius 3 is 2.38 bits per heavy atom. The first-order chi connectivity index (χ1) is 11.6. The number of carbonyl (C=O) groups excluding carboxylic acids is 2. The standard InChI is InChI=1S/C18H15FN2O3/c19-15-6-1-13(2-7-15)5-10-18(23)24-12-17(22)21-16-8-3-14(11-20)4-9-16/h1-4,6-9H,5,10,12H2,(H,21,22). The number of amides is 1. The van der Waals surface area contributed by atoms with E-state index in [1.165, 1.54) is 12.1 Å².